The van der Waals surface area contributed by atoms with Crippen molar-refractivity contribution in [3.8, 4) is 0 Å². The molecule has 2 unspecified atom stereocenters. The van der Waals surface area contributed by atoms with Gasteiger partial charge in [-0.15, -0.1) is 0 Å². The molecule has 0 aromatic carbocycles. The van der Waals surface area contributed by atoms with E-state index in [-0.39, 0.29) is 0 Å². The van der Waals surface area contributed by atoms with Crippen LogP contribution in [0.5, 0.6) is 0 Å². The smallest absolute Gasteiger partial charge is 0.223 e. The van der Waals surface area contributed by atoms with E-state index in [2.05, 4.69) is 18.7 Å². The van der Waals surface area contributed by atoms with Gasteiger partial charge in [0.1, 0.15) is 0 Å². The molecule has 12 heavy (non-hydrogen) atoms. The Kier molecular flexibility index (Phi) is 1.85. The molecule has 2 rings (SSSR count). The van der Waals surface area contributed by atoms with E-state index in [9.17, 15) is 4.79 Å². The van der Waals surface area contributed by atoms with Gasteiger partial charge in [0, 0.05) is 19.0 Å². The Bertz CT molecular complexity index is 198. The van der Waals surface area contributed by atoms with Crippen LogP contribution < -0.4 is 0 Å². The first-order valence-electron chi connectivity index (χ1n) is 4.98. The van der Waals surface area contributed by atoms with Crippen LogP contribution in [0.4, 0.5) is 0 Å². The molecule has 0 N–H and O–H groups in total. The van der Waals surface area contributed by atoms with Crippen molar-refractivity contribution in [1.29, 1.82) is 0 Å². The molecule has 0 aromatic rings. The number of hydrogen-bond donors (Lipinski definition) is 0. The highest BCUT2D eigenvalue weighted by molar-refractivity contribution is 5.78. The van der Waals surface area contributed by atoms with Crippen molar-refractivity contribution >= 4 is 5.91 Å². The van der Waals surface area contributed by atoms with E-state index in [0.29, 0.717) is 17.9 Å². The lowest BCUT2D eigenvalue weighted by Gasteiger charge is -2.24. The predicted molar refractivity (Wildman–Crippen MR) is 47.7 cm³/mol. The van der Waals surface area contributed by atoms with Gasteiger partial charge < -0.3 is 4.90 Å². The van der Waals surface area contributed by atoms with Crippen LogP contribution in [0.1, 0.15) is 33.1 Å². The van der Waals surface area contributed by atoms with Crippen LogP contribution in [0.15, 0.2) is 0 Å². The molecular formula is C10H17NO. The van der Waals surface area contributed by atoms with Gasteiger partial charge in [0.15, 0.2) is 0 Å². The number of nitrogens with zero attached hydrogens (tertiary/aromatic N) is 1. The SMILES string of the molecule is CC1CC(=O)N(C(C)C2CC2)C1. The minimum Gasteiger partial charge on any atom is -0.339 e. The number of carbonyl (C=O) groups excluding carboxylic acids is 1. The quantitative estimate of drug-likeness (QED) is 0.612. The average molecular weight is 167 g/mol. The summed E-state index contributed by atoms with van der Waals surface area (Å²) < 4.78 is 0. The van der Waals surface area contributed by atoms with Crippen molar-refractivity contribution in [2.75, 3.05) is 6.54 Å². The van der Waals surface area contributed by atoms with Crippen LogP contribution in [0.3, 0.4) is 0 Å². The van der Waals surface area contributed by atoms with Gasteiger partial charge in [-0.1, -0.05) is 6.92 Å². The first-order chi connectivity index (χ1) is 5.68. The summed E-state index contributed by atoms with van der Waals surface area (Å²) in [6.45, 7) is 5.36. The van der Waals surface area contributed by atoms with Gasteiger partial charge in [-0.2, -0.15) is 0 Å². The summed E-state index contributed by atoms with van der Waals surface area (Å²) in [5, 5.41) is 0. The van der Waals surface area contributed by atoms with Gasteiger partial charge in [0.2, 0.25) is 5.91 Å². The van der Waals surface area contributed by atoms with Crippen LogP contribution in [-0.4, -0.2) is 23.4 Å². The minimum absolute atomic E-state index is 0.377. The highest BCUT2D eigenvalue weighted by Crippen LogP contribution is 2.37. The molecule has 0 radical (unpaired) electrons. The summed E-state index contributed by atoms with van der Waals surface area (Å²) in [7, 11) is 0. The summed E-state index contributed by atoms with van der Waals surface area (Å²) in [6, 6.07) is 0.516. The molecule has 1 aliphatic carbocycles. The molecule has 1 aliphatic heterocycles. The Morgan fingerprint density at radius 2 is 2.17 bits per heavy atom. The standard InChI is InChI=1S/C10H17NO/c1-7-5-10(12)11(6-7)8(2)9-3-4-9/h7-9H,3-6H2,1-2H3. The monoisotopic (exact) mass is 167 g/mol. The molecule has 2 nitrogen and oxygen atoms in total. The van der Waals surface area contributed by atoms with E-state index >= 15 is 0 Å². The second-order valence-corrected chi connectivity index (χ2v) is 4.43. The Morgan fingerprint density at radius 3 is 2.58 bits per heavy atom. The second-order valence-electron chi connectivity index (χ2n) is 4.43. The molecule has 2 atom stereocenters. The fraction of sp³-hybridized carbons (Fsp3) is 0.900. The molecular weight excluding hydrogens is 150 g/mol. The normalized spacial score (nSPS) is 32.7. The zero-order chi connectivity index (χ0) is 8.72. The maximum absolute atomic E-state index is 11.5. The highest BCUT2D eigenvalue weighted by atomic mass is 16.2. The van der Waals surface area contributed by atoms with E-state index in [1.165, 1.54) is 12.8 Å². The van der Waals surface area contributed by atoms with E-state index in [1.54, 1.807) is 0 Å². The predicted octanol–water partition coefficient (Wildman–Crippen LogP) is 1.65. The first-order valence-corrected chi connectivity index (χ1v) is 4.98. The lowest BCUT2D eigenvalue weighted by atomic mass is 10.1. The molecule has 0 bridgehead atoms. The van der Waals surface area contributed by atoms with Gasteiger partial charge in [0.05, 0.1) is 0 Å². The Hall–Kier alpha value is -0.530. The summed E-state index contributed by atoms with van der Waals surface area (Å²) in [5.74, 6) is 1.78. The largest absolute Gasteiger partial charge is 0.339 e. The van der Waals surface area contributed by atoms with Gasteiger partial charge >= 0.3 is 0 Å². The van der Waals surface area contributed by atoms with Gasteiger partial charge in [0.25, 0.3) is 0 Å². The number of likely N-dealkylation sites (tertiary alicyclic amines) is 1. The summed E-state index contributed by atoms with van der Waals surface area (Å²) >= 11 is 0. The fourth-order valence-electron chi connectivity index (χ4n) is 2.14. The van der Waals surface area contributed by atoms with Gasteiger partial charge in [-0.3, -0.25) is 4.79 Å². The Morgan fingerprint density at radius 1 is 1.50 bits per heavy atom. The highest BCUT2D eigenvalue weighted by Gasteiger charge is 2.37. The van der Waals surface area contributed by atoms with Crippen molar-refractivity contribution in [2.45, 2.75) is 39.2 Å². The van der Waals surface area contributed by atoms with Crippen LogP contribution in [0.2, 0.25) is 0 Å². The molecule has 2 heteroatoms. The fourth-order valence-corrected chi connectivity index (χ4v) is 2.14. The zero-order valence-corrected chi connectivity index (χ0v) is 7.92. The molecule has 1 heterocycles. The maximum atomic E-state index is 11.5. The van der Waals surface area contributed by atoms with Gasteiger partial charge in [-0.25, -0.2) is 0 Å². The van der Waals surface area contributed by atoms with Crippen LogP contribution in [0, 0.1) is 11.8 Å². The average Bonchev–Trinajstić information content (AvgIpc) is 2.77. The second kappa shape index (κ2) is 2.75. The van der Waals surface area contributed by atoms with Crippen molar-refractivity contribution in [1.82, 2.24) is 4.90 Å². The van der Waals surface area contributed by atoms with E-state index in [0.717, 1.165) is 18.9 Å². The lowest BCUT2D eigenvalue weighted by molar-refractivity contribution is -0.129. The van der Waals surface area contributed by atoms with Crippen molar-refractivity contribution < 1.29 is 4.79 Å². The van der Waals surface area contributed by atoms with Gasteiger partial charge in [-0.05, 0) is 31.6 Å². The molecule has 0 aromatic heterocycles. The van der Waals surface area contributed by atoms with Crippen LogP contribution in [-0.2, 0) is 4.79 Å². The van der Waals surface area contributed by atoms with E-state index in [1.807, 2.05) is 0 Å². The topological polar surface area (TPSA) is 20.3 Å². The summed E-state index contributed by atoms with van der Waals surface area (Å²) in [5.41, 5.74) is 0. The van der Waals surface area contributed by atoms with Crippen molar-refractivity contribution in [3.63, 3.8) is 0 Å². The van der Waals surface area contributed by atoms with E-state index < -0.39 is 0 Å². The first kappa shape index (κ1) is 8.09. The number of hydrogen-bond acceptors (Lipinski definition) is 1. The van der Waals surface area contributed by atoms with E-state index in [4.69, 9.17) is 0 Å². The molecule has 0 spiro atoms. The molecule has 1 amide bonds. The number of amides is 1. The van der Waals surface area contributed by atoms with Crippen molar-refractivity contribution in [2.24, 2.45) is 11.8 Å². The minimum atomic E-state index is 0.377. The Balaban J connectivity index is 1.98. The zero-order valence-electron chi connectivity index (χ0n) is 7.92. The molecule has 1 saturated heterocycles. The molecule has 68 valence electrons. The molecule has 2 fully saturated rings. The Labute approximate surface area is 73.9 Å². The summed E-state index contributed by atoms with van der Waals surface area (Å²) in [6.07, 6.45) is 3.44. The number of rotatable bonds is 2. The molecule has 1 saturated carbocycles. The van der Waals surface area contributed by atoms with Crippen LogP contribution >= 0.6 is 0 Å². The number of carbonyl (C=O) groups is 1. The van der Waals surface area contributed by atoms with Crippen LogP contribution in [0.25, 0.3) is 0 Å². The third-order valence-electron chi connectivity index (χ3n) is 3.15. The molecule has 2 aliphatic rings. The third kappa shape index (κ3) is 1.35. The lowest BCUT2D eigenvalue weighted by Crippen LogP contribution is -2.35. The van der Waals surface area contributed by atoms with Crippen molar-refractivity contribution in [3.05, 3.63) is 0 Å². The maximum Gasteiger partial charge on any atom is 0.223 e. The third-order valence-corrected chi connectivity index (χ3v) is 3.15. The summed E-state index contributed by atoms with van der Waals surface area (Å²) in [4.78, 5) is 13.6.